The van der Waals surface area contributed by atoms with Crippen LogP contribution >= 0.6 is 12.4 Å². The molecule has 1 aromatic rings. The third kappa shape index (κ3) is 7.27. The molecule has 1 rings (SSSR count). The largest absolute Gasteiger partial charge is 0.508 e. The zero-order chi connectivity index (χ0) is 11.6. The molecule has 0 fully saturated rings. The summed E-state index contributed by atoms with van der Waals surface area (Å²) in [6.07, 6.45) is 10.3. The van der Waals surface area contributed by atoms with E-state index in [1.54, 1.807) is 6.07 Å². The molecule has 0 aromatic heterocycles. The molecule has 0 aliphatic rings. The van der Waals surface area contributed by atoms with E-state index in [0.29, 0.717) is 5.75 Å². The van der Waals surface area contributed by atoms with E-state index >= 15 is 0 Å². The number of benzene rings is 1. The van der Waals surface area contributed by atoms with Crippen LogP contribution in [-0.2, 0) is 6.42 Å². The van der Waals surface area contributed by atoms with Crippen molar-refractivity contribution >= 4 is 12.4 Å². The first-order valence-corrected chi connectivity index (χ1v) is 6.61. The molecule has 98 valence electrons. The maximum Gasteiger partial charge on any atom is 0.118 e. The lowest BCUT2D eigenvalue weighted by Gasteiger charge is -2.04. The Morgan fingerprint density at radius 2 is 1.47 bits per heavy atom. The number of phenolic OH excluding ortho intramolecular Hbond substituents is 1. The van der Waals surface area contributed by atoms with Crippen LogP contribution in [-0.4, -0.2) is 5.11 Å². The molecule has 0 spiro atoms. The SMILES string of the molecule is CCCCCCCCCc1ccccc1O.Cl. The number of hydrogen-bond donors (Lipinski definition) is 1. The summed E-state index contributed by atoms with van der Waals surface area (Å²) in [7, 11) is 0. The van der Waals surface area contributed by atoms with E-state index in [4.69, 9.17) is 0 Å². The normalized spacial score (nSPS) is 9.94. The van der Waals surface area contributed by atoms with Crippen molar-refractivity contribution in [1.82, 2.24) is 0 Å². The molecule has 0 aliphatic heterocycles. The maximum absolute atomic E-state index is 9.58. The molecule has 0 radical (unpaired) electrons. The summed E-state index contributed by atoms with van der Waals surface area (Å²) >= 11 is 0. The molecular weight excluding hydrogens is 232 g/mol. The summed E-state index contributed by atoms with van der Waals surface area (Å²) < 4.78 is 0. The highest BCUT2D eigenvalue weighted by atomic mass is 35.5. The zero-order valence-electron chi connectivity index (χ0n) is 10.8. The Bertz CT molecular complexity index is 286. The first-order valence-electron chi connectivity index (χ1n) is 6.61. The van der Waals surface area contributed by atoms with Crippen molar-refractivity contribution in [2.24, 2.45) is 0 Å². The van der Waals surface area contributed by atoms with Crippen molar-refractivity contribution in [3.8, 4) is 5.75 Å². The van der Waals surface area contributed by atoms with Crippen LogP contribution in [0.3, 0.4) is 0 Å². The second kappa shape index (κ2) is 10.5. The molecule has 0 saturated carbocycles. The molecule has 17 heavy (non-hydrogen) atoms. The lowest BCUT2D eigenvalue weighted by atomic mass is 10.0. The summed E-state index contributed by atoms with van der Waals surface area (Å²) in [6, 6.07) is 7.67. The van der Waals surface area contributed by atoms with Gasteiger partial charge in [-0.1, -0.05) is 63.6 Å². The second-order valence-electron chi connectivity index (χ2n) is 4.50. The van der Waals surface area contributed by atoms with Gasteiger partial charge in [-0.05, 0) is 24.5 Å². The molecule has 0 aliphatic carbocycles. The summed E-state index contributed by atoms with van der Waals surface area (Å²) in [4.78, 5) is 0. The molecule has 0 atom stereocenters. The van der Waals surface area contributed by atoms with E-state index < -0.39 is 0 Å². The van der Waals surface area contributed by atoms with Crippen LogP contribution in [0.1, 0.15) is 57.4 Å². The molecule has 0 bridgehead atoms. The monoisotopic (exact) mass is 256 g/mol. The maximum atomic E-state index is 9.58. The Kier molecular flexibility index (Phi) is 10.0. The lowest BCUT2D eigenvalue weighted by Crippen LogP contribution is -1.87. The fourth-order valence-corrected chi connectivity index (χ4v) is 1.99. The first kappa shape index (κ1) is 16.3. The predicted octanol–water partition coefficient (Wildman–Crippen LogP) is 5.11. The number of hydrogen-bond acceptors (Lipinski definition) is 1. The van der Waals surface area contributed by atoms with Gasteiger partial charge in [0.1, 0.15) is 5.75 Å². The summed E-state index contributed by atoms with van der Waals surface area (Å²) in [6.45, 7) is 2.25. The second-order valence-corrected chi connectivity index (χ2v) is 4.50. The Morgan fingerprint density at radius 3 is 2.12 bits per heavy atom. The standard InChI is InChI=1S/C15H24O.ClH/c1-2-3-4-5-6-7-8-11-14-12-9-10-13-15(14)16;/h9-10,12-13,16H,2-8,11H2,1H3;1H. The van der Waals surface area contributed by atoms with Crippen LogP contribution in [0.25, 0.3) is 0 Å². The van der Waals surface area contributed by atoms with Crippen LogP contribution in [0.15, 0.2) is 24.3 Å². The van der Waals surface area contributed by atoms with Gasteiger partial charge in [-0.25, -0.2) is 0 Å². The predicted molar refractivity (Wildman–Crippen MR) is 77.1 cm³/mol. The topological polar surface area (TPSA) is 20.2 Å². The van der Waals surface area contributed by atoms with Crippen LogP contribution in [0.2, 0.25) is 0 Å². The van der Waals surface area contributed by atoms with E-state index in [1.807, 2.05) is 18.2 Å². The van der Waals surface area contributed by atoms with Gasteiger partial charge in [0, 0.05) is 0 Å². The van der Waals surface area contributed by atoms with Gasteiger partial charge >= 0.3 is 0 Å². The van der Waals surface area contributed by atoms with Gasteiger partial charge in [0.05, 0.1) is 0 Å². The molecule has 2 heteroatoms. The van der Waals surface area contributed by atoms with Gasteiger partial charge in [-0.3, -0.25) is 0 Å². The zero-order valence-corrected chi connectivity index (χ0v) is 11.6. The number of rotatable bonds is 8. The number of halogens is 1. The van der Waals surface area contributed by atoms with Gasteiger partial charge in [0.2, 0.25) is 0 Å². The lowest BCUT2D eigenvalue weighted by molar-refractivity contribution is 0.466. The highest BCUT2D eigenvalue weighted by Gasteiger charge is 1.98. The number of aromatic hydroxyl groups is 1. The third-order valence-electron chi connectivity index (χ3n) is 3.04. The minimum Gasteiger partial charge on any atom is -0.508 e. The Hall–Kier alpha value is -0.690. The van der Waals surface area contributed by atoms with E-state index in [-0.39, 0.29) is 12.4 Å². The van der Waals surface area contributed by atoms with Gasteiger partial charge in [0.15, 0.2) is 0 Å². The molecule has 0 heterocycles. The van der Waals surface area contributed by atoms with E-state index in [9.17, 15) is 5.11 Å². The van der Waals surface area contributed by atoms with E-state index in [1.165, 1.54) is 44.9 Å². The van der Waals surface area contributed by atoms with Gasteiger partial charge in [-0.2, -0.15) is 0 Å². The van der Waals surface area contributed by atoms with Crippen LogP contribution in [0, 0.1) is 0 Å². The van der Waals surface area contributed by atoms with Crippen molar-refractivity contribution in [2.75, 3.05) is 0 Å². The molecule has 1 N–H and O–H groups in total. The smallest absolute Gasteiger partial charge is 0.118 e. The Morgan fingerprint density at radius 1 is 0.882 bits per heavy atom. The fourth-order valence-electron chi connectivity index (χ4n) is 1.99. The number of aryl methyl sites for hydroxylation is 1. The minimum atomic E-state index is 0. The number of phenols is 1. The van der Waals surface area contributed by atoms with E-state index in [2.05, 4.69) is 6.92 Å². The fraction of sp³-hybridized carbons (Fsp3) is 0.600. The highest BCUT2D eigenvalue weighted by Crippen LogP contribution is 2.18. The minimum absolute atomic E-state index is 0. The molecule has 0 amide bonds. The van der Waals surface area contributed by atoms with Gasteiger partial charge in [-0.15, -0.1) is 12.4 Å². The van der Waals surface area contributed by atoms with Crippen LogP contribution in [0.5, 0.6) is 5.75 Å². The van der Waals surface area contributed by atoms with E-state index in [0.717, 1.165) is 12.0 Å². The molecule has 1 aromatic carbocycles. The first-order chi connectivity index (χ1) is 7.84. The Balaban J connectivity index is 0.00000256. The van der Waals surface area contributed by atoms with Crippen molar-refractivity contribution in [2.45, 2.75) is 58.3 Å². The van der Waals surface area contributed by atoms with Gasteiger partial charge < -0.3 is 5.11 Å². The molecule has 0 saturated heterocycles. The third-order valence-corrected chi connectivity index (χ3v) is 3.04. The summed E-state index contributed by atoms with van der Waals surface area (Å²) in [5.41, 5.74) is 1.09. The quantitative estimate of drug-likeness (QED) is 0.641. The molecule has 1 nitrogen and oxygen atoms in total. The van der Waals surface area contributed by atoms with Crippen molar-refractivity contribution in [3.63, 3.8) is 0 Å². The molecule has 0 unspecified atom stereocenters. The van der Waals surface area contributed by atoms with Gasteiger partial charge in [0.25, 0.3) is 0 Å². The molecular formula is C15H25ClO. The Labute approximate surface area is 112 Å². The van der Waals surface area contributed by atoms with Crippen molar-refractivity contribution in [3.05, 3.63) is 29.8 Å². The summed E-state index contributed by atoms with van der Waals surface area (Å²) in [5.74, 6) is 0.452. The van der Waals surface area contributed by atoms with Crippen LogP contribution in [0.4, 0.5) is 0 Å². The average molecular weight is 257 g/mol. The number of para-hydroxylation sites is 1. The summed E-state index contributed by atoms with van der Waals surface area (Å²) in [5, 5.41) is 9.58. The average Bonchev–Trinajstić information content (AvgIpc) is 2.30. The highest BCUT2D eigenvalue weighted by molar-refractivity contribution is 5.85. The van der Waals surface area contributed by atoms with Crippen molar-refractivity contribution in [1.29, 1.82) is 0 Å². The van der Waals surface area contributed by atoms with Crippen molar-refractivity contribution < 1.29 is 5.11 Å². The van der Waals surface area contributed by atoms with Crippen LogP contribution < -0.4 is 0 Å². The number of unbranched alkanes of at least 4 members (excludes halogenated alkanes) is 6.